The fraction of sp³-hybridized carbons (Fsp3) is 0.500. The van der Waals surface area contributed by atoms with Crippen molar-refractivity contribution >= 4 is 11.6 Å². The van der Waals surface area contributed by atoms with Crippen LogP contribution in [-0.4, -0.2) is 12.5 Å². The van der Waals surface area contributed by atoms with E-state index in [1.807, 2.05) is 0 Å². The third kappa shape index (κ3) is 2.80. The first kappa shape index (κ1) is 14.8. The summed E-state index contributed by atoms with van der Waals surface area (Å²) in [5.41, 5.74) is 4.28. The van der Waals surface area contributed by atoms with Gasteiger partial charge in [-0.2, -0.15) is 0 Å². The molecule has 1 fully saturated rings. The molecule has 0 atom stereocenters. The maximum absolute atomic E-state index is 13.5. The second kappa shape index (κ2) is 5.83. The number of nitrogens with two attached hydrogens (primary N) is 1. The summed E-state index contributed by atoms with van der Waals surface area (Å²) in [6.07, 6.45) is 3.94. The Morgan fingerprint density at radius 3 is 2.20 bits per heavy atom. The zero-order valence-corrected chi connectivity index (χ0v) is 11.0. The van der Waals surface area contributed by atoms with Crippen LogP contribution >= 0.6 is 0 Å². The number of amides is 1. The highest BCUT2D eigenvalue weighted by Crippen LogP contribution is 2.37. The Bertz CT molecular complexity index is 490. The van der Waals surface area contributed by atoms with Crippen LogP contribution in [0.25, 0.3) is 0 Å². The summed E-state index contributed by atoms with van der Waals surface area (Å²) >= 11 is 0. The predicted octanol–water partition coefficient (Wildman–Crippen LogP) is 2.95. The zero-order chi connectivity index (χ0) is 14.8. The molecule has 3 N–H and O–H groups in total. The summed E-state index contributed by atoms with van der Waals surface area (Å²) in [6.45, 7) is 0.128. The minimum absolute atomic E-state index is 0.128. The molecule has 1 aliphatic carbocycles. The molecule has 6 heteroatoms. The van der Waals surface area contributed by atoms with E-state index < -0.39 is 34.5 Å². The van der Waals surface area contributed by atoms with Crippen LogP contribution in [0.3, 0.4) is 0 Å². The van der Waals surface area contributed by atoms with Crippen molar-refractivity contribution in [1.29, 1.82) is 0 Å². The summed E-state index contributed by atoms with van der Waals surface area (Å²) in [4.78, 5) is 12.3. The quantitative estimate of drug-likeness (QED) is 0.897. The van der Waals surface area contributed by atoms with E-state index in [9.17, 15) is 18.0 Å². The van der Waals surface area contributed by atoms with Crippen LogP contribution in [0, 0.1) is 22.9 Å². The van der Waals surface area contributed by atoms with Crippen molar-refractivity contribution in [3.8, 4) is 0 Å². The fourth-order valence-corrected chi connectivity index (χ4v) is 2.66. The van der Waals surface area contributed by atoms with Gasteiger partial charge >= 0.3 is 0 Å². The van der Waals surface area contributed by atoms with Gasteiger partial charge in [0.15, 0.2) is 11.6 Å². The van der Waals surface area contributed by atoms with Gasteiger partial charge in [-0.15, -0.1) is 0 Å². The van der Waals surface area contributed by atoms with Crippen LogP contribution in [0.1, 0.15) is 32.1 Å². The third-order valence-electron chi connectivity index (χ3n) is 3.93. The Morgan fingerprint density at radius 2 is 1.70 bits per heavy atom. The van der Waals surface area contributed by atoms with Crippen LogP contribution in [0.2, 0.25) is 0 Å². The van der Waals surface area contributed by atoms with Crippen LogP contribution in [0.5, 0.6) is 0 Å². The number of halogens is 3. The first-order chi connectivity index (χ1) is 9.48. The number of anilines is 1. The van der Waals surface area contributed by atoms with Crippen LogP contribution < -0.4 is 11.1 Å². The van der Waals surface area contributed by atoms with Gasteiger partial charge in [-0.25, -0.2) is 13.2 Å². The van der Waals surface area contributed by atoms with Crippen molar-refractivity contribution in [3.05, 3.63) is 29.6 Å². The predicted molar refractivity (Wildman–Crippen MR) is 69.5 cm³/mol. The lowest BCUT2D eigenvalue weighted by Gasteiger charge is -2.34. The average molecular weight is 286 g/mol. The molecule has 1 saturated carbocycles. The maximum atomic E-state index is 13.5. The minimum Gasteiger partial charge on any atom is -0.329 e. The molecule has 0 spiro atoms. The summed E-state index contributed by atoms with van der Waals surface area (Å²) in [7, 11) is 0. The number of carbonyl (C=O) groups excluding carboxylic acids is 1. The molecule has 0 heterocycles. The van der Waals surface area contributed by atoms with Gasteiger partial charge in [-0.05, 0) is 12.8 Å². The largest absolute Gasteiger partial charge is 0.329 e. The smallest absolute Gasteiger partial charge is 0.232 e. The van der Waals surface area contributed by atoms with Crippen LogP contribution in [0.4, 0.5) is 18.9 Å². The number of hydrogen-bond donors (Lipinski definition) is 2. The highest BCUT2D eigenvalue weighted by molar-refractivity contribution is 5.95. The van der Waals surface area contributed by atoms with E-state index in [4.69, 9.17) is 5.73 Å². The van der Waals surface area contributed by atoms with E-state index in [1.54, 1.807) is 0 Å². The Morgan fingerprint density at radius 1 is 1.15 bits per heavy atom. The molecule has 1 aromatic rings. The number of benzene rings is 1. The molecule has 3 nitrogen and oxygen atoms in total. The van der Waals surface area contributed by atoms with Crippen molar-refractivity contribution in [3.63, 3.8) is 0 Å². The van der Waals surface area contributed by atoms with Crippen molar-refractivity contribution in [2.45, 2.75) is 32.1 Å². The van der Waals surface area contributed by atoms with Gasteiger partial charge in [0.2, 0.25) is 5.91 Å². The topological polar surface area (TPSA) is 55.1 Å². The van der Waals surface area contributed by atoms with Gasteiger partial charge in [0.1, 0.15) is 11.5 Å². The SMILES string of the molecule is NCC1(C(=O)Nc2c(F)cc(F)cc2F)CCCCC1. The Labute approximate surface area is 115 Å². The molecule has 0 saturated heterocycles. The number of carbonyl (C=O) groups is 1. The van der Waals surface area contributed by atoms with Gasteiger partial charge in [0.05, 0.1) is 5.41 Å². The number of nitrogens with one attached hydrogen (secondary N) is 1. The summed E-state index contributed by atoms with van der Waals surface area (Å²) < 4.78 is 39.9. The molecule has 1 amide bonds. The molecule has 2 rings (SSSR count). The molecule has 0 bridgehead atoms. The van der Waals surface area contributed by atoms with Gasteiger partial charge < -0.3 is 11.1 Å². The standard InChI is InChI=1S/C14H17F3N2O/c15-9-6-10(16)12(11(17)7-9)19-13(20)14(8-18)4-2-1-3-5-14/h6-7H,1-5,8,18H2,(H,19,20). The molecule has 110 valence electrons. The molecule has 0 aromatic heterocycles. The monoisotopic (exact) mass is 286 g/mol. The van der Waals surface area contributed by atoms with Gasteiger partial charge in [-0.1, -0.05) is 19.3 Å². The lowest BCUT2D eigenvalue weighted by molar-refractivity contribution is -0.126. The lowest BCUT2D eigenvalue weighted by Crippen LogP contribution is -2.44. The van der Waals surface area contributed by atoms with Crippen LogP contribution in [0.15, 0.2) is 12.1 Å². The second-order valence-electron chi connectivity index (χ2n) is 5.24. The van der Waals surface area contributed by atoms with E-state index in [0.29, 0.717) is 25.0 Å². The Kier molecular flexibility index (Phi) is 4.32. The molecule has 20 heavy (non-hydrogen) atoms. The maximum Gasteiger partial charge on any atom is 0.232 e. The first-order valence-corrected chi connectivity index (χ1v) is 6.64. The molecule has 1 aliphatic rings. The van der Waals surface area contributed by atoms with Gasteiger partial charge in [0.25, 0.3) is 0 Å². The van der Waals surface area contributed by atoms with Crippen LogP contribution in [-0.2, 0) is 4.79 Å². The molecule has 0 radical (unpaired) electrons. The van der Waals surface area contributed by atoms with E-state index in [0.717, 1.165) is 19.3 Å². The highest BCUT2D eigenvalue weighted by Gasteiger charge is 2.38. The number of rotatable bonds is 3. The second-order valence-corrected chi connectivity index (χ2v) is 5.24. The fourth-order valence-electron chi connectivity index (χ4n) is 2.66. The number of hydrogen-bond acceptors (Lipinski definition) is 2. The summed E-state index contributed by atoms with van der Waals surface area (Å²) in [5.74, 6) is -3.77. The zero-order valence-electron chi connectivity index (χ0n) is 11.0. The normalized spacial score (nSPS) is 17.8. The van der Waals surface area contributed by atoms with Crippen molar-refractivity contribution in [1.82, 2.24) is 0 Å². The van der Waals surface area contributed by atoms with E-state index in [-0.39, 0.29) is 6.54 Å². The lowest BCUT2D eigenvalue weighted by atomic mass is 9.73. The Balaban J connectivity index is 2.23. The first-order valence-electron chi connectivity index (χ1n) is 6.64. The average Bonchev–Trinajstić information content (AvgIpc) is 2.43. The molecule has 0 aliphatic heterocycles. The highest BCUT2D eigenvalue weighted by atomic mass is 19.1. The van der Waals surface area contributed by atoms with E-state index in [2.05, 4.69) is 5.32 Å². The minimum atomic E-state index is -1.13. The molecule has 1 aromatic carbocycles. The molecular formula is C14H17F3N2O. The summed E-state index contributed by atoms with van der Waals surface area (Å²) in [6, 6.07) is 1.07. The van der Waals surface area contributed by atoms with Gasteiger partial charge in [0, 0.05) is 18.7 Å². The molecular weight excluding hydrogens is 269 g/mol. The summed E-state index contributed by atoms with van der Waals surface area (Å²) in [5, 5.41) is 2.23. The Hall–Kier alpha value is -1.56. The molecule has 0 unspecified atom stereocenters. The van der Waals surface area contributed by atoms with Gasteiger partial charge in [-0.3, -0.25) is 4.79 Å². The third-order valence-corrected chi connectivity index (χ3v) is 3.93. The van der Waals surface area contributed by atoms with Crippen molar-refractivity contribution in [2.75, 3.05) is 11.9 Å². The van der Waals surface area contributed by atoms with Crippen molar-refractivity contribution in [2.24, 2.45) is 11.1 Å². The van der Waals surface area contributed by atoms with E-state index >= 15 is 0 Å². The van der Waals surface area contributed by atoms with E-state index in [1.165, 1.54) is 0 Å². The van der Waals surface area contributed by atoms with Crippen molar-refractivity contribution < 1.29 is 18.0 Å².